The number of fused-ring (bicyclic) bond motifs is 8. The van der Waals surface area contributed by atoms with Crippen LogP contribution >= 0.6 is 0 Å². The van der Waals surface area contributed by atoms with Crippen LogP contribution in [-0.4, -0.2) is 19.1 Å². The van der Waals surface area contributed by atoms with Crippen molar-refractivity contribution in [2.45, 2.75) is 0 Å². The number of hydrogen-bond donors (Lipinski definition) is 0. The highest BCUT2D eigenvalue weighted by molar-refractivity contribution is 6.28. The van der Waals surface area contributed by atoms with Crippen molar-refractivity contribution in [3.63, 3.8) is 0 Å². The number of aromatic nitrogens is 4. The van der Waals surface area contributed by atoms with Crippen LogP contribution in [0.2, 0.25) is 0 Å². The fourth-order valence-corrected chi connectivity index (χ4v) is 7.43. The van der Waals surface area contributed by atoms with Gasteiger partial charge in [0.25, 0.3) is 0 Å². The molecule has 0 aliphatic rings. The summed E-state index contributed by atoms with van der Waals surface area (Å²) in [6.45, 7) is 0. The molecule has 0 fully saturated rings. The standard InChI is InChI=1S/C44H28N4/c1-3-13-29(14-4-1)30-23-25-32(26-24-30)47-37-21-11-8-18-34(37)41-39(47)27-28-40-42(41)35-19-9-12-22-38(35)48(40)44-45-36-20-10-7-17-33(36)43(46-44)31-15-5-2-6-16-31/h1-28H. The van der Waals surface area contributed by atoms with Gasteiger partial charge < -0.3 is 4.57 Å². The van der Waals surface area contributed by atoms with Crippen LogP contribution in [0.1, 0.15) is 0 Å². The van der Waals surface area contributed by atoms with Crippen molar-refractivity contribution >= 4 is 54.5 Å². The van der Waals surface area contributed by atoms with Crippen LogP contribution in [0.25, 0.3) is 88.5 Å². The maximum Gasteiger partial charge on any atom is 0.235 e. The molecule has 0 saturated carbocycles. The zero-order valence-electron chi connectivity index (χ0n) is 26.0. The van der Waals surface area contributed by atoms with Gasteiger partial charge in [-0.2, -0.15) is 0 Å². The molecule has 0 spiro atoms. The molecule has 48 heavy (non-hydrogen) atoms. The van der Waals surface area contributed by atoms with E-state index in [-0.39, 0.29) is 0 Å². The van der Waals surface area contributed by atoms with Crippen molar-refractivity contribution in [3.8, 4) is 34.0 Å². The van der Waals surface area contributed by atoms with Crippen LogP contribution < -0.4 is 0 Å². The topological polar surface area (TPSA) is 35.6 Å². The lowest BCUT2D eigenvalue weighted by Gasteiger charge is -2.12. The Morgan fingerprint density at radius 2 is 0.833 bits per heavy atom. The Hall–Kier alpha value is -6.52. The Labute approximate surface area is 276 Å². The second-order valence-corrected chi connectivity index (χ2v) is 12.2. The molecule has 0 aliphatic heterocycles. The summed E-state index contributed by atoms with van der Waals surface area (Å²) in [4.78, 5) is 10.5. The van der Waals surface area contributed by atoms with Gasteiger partial charge in [-0.15, -0.1) is 0 Å². The Balaban J connectivity index is 1.27. The highest BCUT2D eigenvalue weighted by atomic mass is 15.2. The van der Waals surface area contributed by atoms with Crippen molar-refractivity contribution in [2.75, 3.05) is 0 Å². The SMILES string of the molecule is c1ccc(-c2ccc(-n3c4ccccc4c4c5c6ccccc6n(-c6nc(-c7ccccc7)c7ccccc7n6)c5ccc43)cc2)cc1. The highest BCUT2D eigenvalue weighted by Gasteiger charge is 2.22. The normalized spacial score (nSPS) is 11.8. The van der Waals surface area contributed by atoms with Gasteiger partial charge >= 0.3 is 0 Å². The van der Waals surface area contributed by atoms with E-state index >= 15 is 0 Å². The van der Waals surface area contributed by atoms with Crippen LogP contribution in [0.15, 0.2) is 170 Å². The van der Waals surface area contributed by atoms with Gasteiger partial charge in [-0.3, -0.25) is 4.57 Å². The fourth-order valence-electron chi connectivity index (χ4n) is 7.43. The van der Waals surface area contributed by atoms with Gasteiger partial charge in [-0.1, -0.05) is 127 Å². The first-order chi connectivity index (χ1) is 23.8. The van der Waals surface area contributed by atoms with E-state index in [0.717, 1.165) is 38.9 Å². The number of rotatable bonds is 4. The fraction of sp³-hybridized carbons (Fsp3) is 0. The molecule has 0 saturated heterocycles. The van der Waals surface area contributed by atoms with E-state index in [1.165, 1.54) is 43.7 Å². The van der Waals surface area contributed by atoms with Crippen molar-refractivity contribution in [3.05, 3.63) is 170 Å². The largest absolute Gasteiger partial charge is 0.309 e. The summed E-state index contributed by atoms with van der Waals surface area (Å²) in [6.07, 6.45) is 0. The summed E-state index contributed by atoms with van der Waals surface area (Å²) in [6, 6.07) is 60.0. The molecule has 4 heteroatoms. The van der Waals surface area contributed by atoms with Crippen LogP contribution in [0, 0.1) is 0 Å². The van der Waals surface area contributed by atoms with Crippen LogP contribution in [0.4, 0.5) is 0 Å². The van der Waals surface area contributed by atoms with E-state index in [2.05, 4.69) is 167 Å². The summed E-state index contributed by atoms with van der Waals surface area (Å²) in [7, 11) is 0. The second kappa shape index (κ2) is 10.5. The quantitative estimate of drug-likeness (QED) is 0.198. The average molecular weight is 613 g/mol. The Bertz CT molecular complexity index is 2810. The smallest absolute Gasteiger partial charge is 0.235 e. The van der Waals surface area contributed by atoms with E-state index in [4.69, 9.17) is 9.97 Å². The zero-order valence-corrected chi connectivity index (χ0v) is 26.0. The number of benzene rings is 7. The van der Waals surface area contributed by atoms with Crippen molar-refractivity contribution in [1.82, 2.24) is 19.1 Å². The van der Waals surface area contributed by atoms with Crippen LogP contribution in [0.5, 0.6) is 0 Å². The van der Waals surface area contributed by atoms with E-state index in [0.29, 0.717) is 5.95 Å². The van der Waals surface area contributed by atoms with Gasteiger partial charge in [0.05, 0.1) is 33.3 Å². The first kappa shape index (κ1) is 26.7. The molecule has 0 atom stereocenters. The lowest BCUT2D eigenvalue weighted by atomic mass is 10.1. The Morgan fingerprint density at radius 3 is 1.50 bits per heavy atom. The highest BCUT2D eigenvalue weighted by Crippen LogP contribution is 2.42. The summed E-state index contributed by atoms with van der Waals surface area (Å²) in [5, 5.41) is 5.87. The lowest BCUT2D eigenvalue weighted by molar-refractivity contribution is 1.01. The van der Waals surface area contributed by atoms with Crippen molar-refractivity contribution in [1.29, 1.82) is 0 Å². The molecule has 224 valence electrons. The minimum absolute atomic E-state index is 0.665. The van der Waals surface area contributed by atoms with E-state index in [1.54, 1.807) is 0 Å². The third-order valence-electron chi connectivity index (χ3n) is 9.54. The summed E-state index contributed by atoms with van der Waals surface area (Å²) < 4.78 is 4.63. The van der Waals surface area contributed by atoms with E-state index in [1.807, 2.05) is 12.1 Å². The molecular weight excluding hydrogens is 585 g/mol. The van der Waals surface area contributed by atoms with Gasteiger partial charge in [0, 0.05) is 38.2 Å². The summed E-state index contributed by atoms with van der Waals surface area (Å²) in [5.74, 6) is 0.665. The molecule has 3 heterocycles. The van der Waals surface area contributed by atoms with Crippen molar-refractivity contribution < 1.29 is 0 Å². The predicted octanol–water partition coefficient (Wildman–Crippen LogP) is 11.2. The third-order valence-corrected chi connectivity index (χ3v) is 9.54. The van der Waals surface area contributed by atoms with Crippen LogP contribution in [-0.2, 0) is 0 Å². The third kappa shape index (κ3) is 3.96. The number of nitrogens with zero attached hydrogens (tertiary/aromatic N) is 4. The van der Waals surface area contributed by atoms with Gasteiger partial charge in [-0.25, -0.2) is 9.97 Å². The summed E-state index contributed by atoms with van der Waals surface area (Å²) >= 11 is 0. The first-order valence-corrected chi connectivity index (χ1v) is 16.3. The van der Waals surface area contributed by atoms with Gasteiger partial charge in [0.2, 0.25) is 5.95 Å². The molecule has 0 N–H and O–H groups in total. The minimum atomic E-state index is 0.665. The molecule has 7 aromatic carbocycles. The molecule has 0 amide bonds. The molecular formula is C44H28N4. The second-order valence-electron chi connectivity index (χ2n) is 12.2. The monoisotopic (exact) mass is 612 g/mol. The molecule has 3 aromatic heterocycles. The number of hydrogen-bond acceptors (Lipinski definition) is 2. The minimum Gasteiger partial charge on any atom is -0.309 e. The maximum absolute atomic E-state index is 5.29. The zero-order chi connectivity index (χ0) is 31.6. The number of para-hydroxylation sites is 3. The molecule has 4 nitrogen and oxygen atoms in total. The Kier molecular flexibility index (Phi) is 5.84. The maximum atomic E-state index is 5.29. The molecule has 0 bridgehead atoms. The molecule has 0 aliphatic carbocycles. The molecule has 10 rings (SSSR count). The average Bonchev–Trinajstić information content (AvgIpc) is 3.68. The molecule has 0 unspecified atom stereocenters. The van der Waals surface area contributed by atoms with Gasteiger partial charge in [-0.05, 0) is 53.6 Å². The van der Waals surface area contributed by atoms with Crippen molar-refractivity contribution in [2.24, 2.45) is 0 Å². The lowest BCUT2D eigenvalue weighted by Crippen LogP contribution is -2.03. The first-order valence-electron chi connectivity index (χ1n) is 16.3. The molecule has 0 radical (unpaired) electrons. The Morgan fingerprint density at radius 1 is 0.333 bits per heavy atom. The van der Waals surface area contributed by atoms with Gasteiger partial charge in [0.15, 0.2) is 0 Å². The van der Waals surface area contributed by atoms with E-state index < -0.39 is 0 Å². The molecule has 10 aromatic rings. The predicted molar refractivity (Wildman–Crippen MR) is 199 cm³/mol. The summed E-state index contributed by atoms with van der Waals surface area (Å²) in [5.41, 5.74) is 11.0. The van der Waals surface area contributed by atoms with E-state index in [9.17, 15) is 0 Å². The van der Waals surface area contributed by atoms with Gasteiger partial charge in [0.1, 0.15) is 0 Å². The van der Waals surface area contributed by atoms with Crippen LogP contribution in [0.3, 0.4) is 0 Å².